The van der Waals surface area contributed by atoms with Crippen LogP contribution in [-0.2, 0) is 0 Å². The van der Waals surface area contributed by atoms with Gasteiger partial charge >= 0.3 is 0 Å². The SMILES string of the molecule is CNC(NC)c1cccc(C)c1. The van der Waals surface area contributed by atoms with Gasteiger partial charge in [-0.3, -0.25) is 0 Å². The molecule has 0 aliphatic carbocycles. The van der Waals surface area contributed by atoms with E-state index in [0.29, 0.717) is 0 Å². The molecular formula is C10H16N2. The molecule has 1 rings (SSSR count). The van der Waals surface area contributed by atoms with E-state index in [2.05, 4.69) is 41.8 Å². The van der Waals surface area contributed by atoms with E-state index >= 15 is 0 Å². The van der Waals surface area contributed by atoms with Crippen LogP contribution in [0.5, 0.6) is 0 Å². The van der Waals surface area contributed by atoms with E-state index in [0.717, 1.165) is 0 Å². The first kappa shape index (κ1) is 9.23. The van der Waals surface area contributed by atoms with Crippen LogP contribution in [0.4, 0.5) is 0 Å². The van der Waals surface area contributed by atoms with Crippen LogP contribution in [0.25, 0.3) is 0 Å². The molecule has 1 aromatic carbocycles. The minimum atomic E-state index is 0.255. The Morgan fingerprint density at radius 1 is 1.17 bits per heavy atom. The molecule has 0 aromatic heterocycles. The van der Waals surface area contributed by atoms with Crippen molar-refractivity contribution in [2.45, 2.75) is 13.1 Å². The molecule has 0 radical (unpaired) electrons. The predicted molar refractivity (Wildman–Crippen MR) is 52.0 cm³/mol. The van der Waals surface area contributed by atoms with E-state index in [1.165, 1.54) is 11.1 Å². The van der Waals surface area contributed by atoms with Gasteiger partial charge in [0.1, 0.15) is 0 Å². The van der Waals surface area contributed by atoms with Crippen LogP contribution >= 0.6 is 0 Å². The van der Waals surface area contributed by atoms with Crippen molar-refractivity contribution in [3.63, 3.8) is 0 Å². The Hall–Kier alpha value is -0.860. The first-order valence-corrected chi connectivity index (χ1v) is 4.19. The summed E-state index contributed by atoms with van der Waals surface area (Å²) in [5.41, 5.74) is 2.57. The lowest BCUT2D eigenvalue weighted by atomic mass is 10.1. The zero-order valence-electron chi connectivity index (χ0n) is 7.89. The highest BCUT2D eigenvalue weighted by Crippen LogP contribution is 2.10. The van der Waals surface area contributed by atoms with E-state index in [-0.39, 0.29) is 6.17 Å². The van der Waals surface area contributed by atoms with Gasteiger partial charge in [-0.2, -0.15) is 0 Å². The lowest BCUT2D eigenvalue weighted by Crippen LogP contribution is -2.28. The zero-order chi connectivity index (χ0) is 8.97. The lowest BCUT2D eigenvalue weighted by Gasteiger charge is -2.15. The van der Waals surface area contributed by atoms with Crippen molar-refractivity contribution in [1.29, 1.82) is 0 Å². The maximum absolute atomic E-state index is 3.18. The number of benzene rings is 1. The molecule has 0 saturated heterocycles. The maximum atomic E-state index is 3.18. The molecule has 0 aliphatic heterocycles. The molecule has 0 aliphatic rings. The maximum Gasteiger partial charge on any atom is 0.0830 e. The second-order valence-corrected chi connectivity index (χ2v) is 2.92. The third kappa shape index (κ3) is 2.06. The largest absolute Gasteiger partial charge is 0.301 e. The van der Waals surface area contributed by atoms with Gasteiger partial charge in [-0.25, -0.2) is 0 Å². The van der Waals surface area contributed by atoms with Crippen LogP contribution in [0.3, 0.4) is 0 Å². The lowest BCUT2D eigenvalue weighted by molar-refractivity contribution is 0.520. The molecule has 2 nitrogen and oxygen atoms in total. The summed E-state index contributed by atoms with van der Waals surface area (Å²) in [7, 11) is 3.90. The van der Waals surface area contributed by atoms with Crippen LogP contribution in [0.1, 0.15) is 17.3 Å². The van der Waals surface area contributed by atoms with Crippen molar-refractivity contribution in [2.75, 3.05) is 14.1 Å². The highest BCUT2D eigenvalue weighted by atomic mass is 15.1. The van der Waals surface area contributed by atoms with Crippen molar-refractivity contribution in [3.05, 3.63) is 35.4 Å². The Labute approximate surface area is 74.0 Å². The minimum Gasteiger partial charge on any atom is -0.301 e. The molecule has 0 fully saturated rings. The highest BCUT2D eigenvalue weighted by Gasteiger charge is 2.04. The standard InChI is InChI=1S/C10H16N2/c1-8-5-4-6-9(7-8)10(11-2)12-3/h4-7,10-12H,1-3H3. The normalized spacial score (nSPS) is 10.7. The van der Waals surface area contributed by atoms with Crippen LogP contribution in [0.15, 0.2) is 24.3 Å². The summed E-state index contributed by atoms with van der Waals surface area (Å²) in [6.45, 7) is 2.10. The summed E-state index contributed by atoms with van der Waals surface area (Å²) in [5, 5.41) is 6.37. The van der Waals surface area contributed by atoms with Gasteiger partial charge in [-0.05, 0) is 26.6 Å². The van der Waals surface area contributed by atoms with Gasteiger partial charge in [-0.15, -0.1) is 0 Å². The Morgan fingerprint density at radius 3 is 2.33 bits per heavy atom. The van der Waals surface area contributed by atoms with Crippen molar-refractivity contribution in [3.8, 4) is 0 Å². The number of hydrogen-bond acceptors (Lipinski definition) is 2. The highest BCUT2D eigenvalue weighted by molar-refractivity contribution is 5.24. The summed E-state index contributed by atoms with van der Waals surface area (Å²) in [6.07, 6.45) is 0.255. The first-order chi connectivity index (χ1) is 5.77. The van der Waals surface area contributed by atoms with E-state index in [4.69, 9.17) is 0 Å². The van der Waals surface area contributed by atoms with Gasteiger partial charge in [0.05, 0.1) is 6.17 Å². The topological polar surface area (TPSA) is 24.1 Å². The summed E-state index contributed by atoms with van der Waals surface area (Å²) < 4.78 is 0. The average Bonchev–Trinajstić information content (AvgIpc) is 2.07. The molecule has 0 unspecified atom stereocenters. The molecule has 66 valence electrons. The van der Waals surface area contributed by atoms with Gasteiger partial charge in [-0.1, -0.05) is 29.8 Å². The first-order valence-electron chi connectivity index (χ1n) is 4.19. The van der Waals surface area contributed by atoms with E-state index < -0.39 is 0 Å². The molecule has 2 heteroatoms. The second kappa shape index (κ2) is 4.24. The van der Waals surface area contributed by atoms with Gasteiger partial charge in [0.2, 0.25) is 0 Å². The van der Waals surface area contributed by atoms with Crippen LogP contribution < -0.4 is 10.6 Å². The molecule has 0 heterocycles. The van der Waals surface area contributed by atoms with Crippen molar-refractivity contribution in [2.24, 2.45) is 0 Å². The molecule has 1 aromatic rings. The number of nitrogens with one attached hydrogen (secondary N) is 2. The number of aryl methyl sites for hydroxylation is 1. The van der Waals surface area contributed by atoms with Crippen LogP contribution in [0, 0.1) is 6.92 Å². The Kier molecular flexibility index (Phi) is 3.26. The monoisotopic (exact) mass is 164 g/mol. The Morgan fingerprint density at radius 2 is 1.83 bits per heavy atom. The Balaban J connectivity index is 2.85. The molecular weight excluding hydrogens is 148 g/mol. The molecule has 0 saturated carbocycles. The van der Waals surface area contributed by atoms with Gasteiger partial charge in [0.25, 0.3) is 0 Å². The predicted octanol–water partition coefficient (Wildman–Crippen LogP) is 1.43. The smallest absolute Gasteiger partial charge is 0.0830 e. The van der Waals surface area contributed by atoms with Gasteiger partial charge in [0, 0.05) is 0 Å². The average molecular weight is 164 g/mol. The third-order valence-electron chi connectivity index (χ3n) is 1.95. The van der Waals surface area contributed by atoms with E-state index in [1.807, 2.05) is 14.1 Å². The molecule has 0 amide bonds. The van der Waals surface area contributed by atoms with Crippen LogP contribution in [-0.4, -0.2) is 14.1 Å². The van der Waals surface area contributed by atoms with E-state index in [1.54, 1.807) is 0 Å². The fourth-order valence-electron chi connectivity index (χ4n) is 1.33. The fraction of sp³-hybridized carbons (Fsp3) is 0.400. The summed E-state index contributed by atoms with van der Waals surface area (Å²) in [5.74, 6) is 0. The quantitative estimate of drug-likeness (QED) is 0.660. The van der Waals surface area contributed by atoms with Crippen LogP contribution in [0.2, 0.25) is 0 Å². The summed E-state index contributed by atoms with van der Waals surface area (Å²) in [6, 6.07) is 8.47. The van der Waals surface area contributed by atoms with Gasteiger partial charge < -0.3 is 10.6 Å². The van der Waals surface area contributed by atoms with E-state index in [9.17, 15) is 0 Å². The zero-order valence-corrected chi connectivity index (χ0v) is 7.89. The molecule has 0 atom stereocenters. The van der Waals surface area contributed by atoms with Crippen molar-refractivity contribution < 1.29 is 0 Å². The summed E-state index contributed by atoms with van der Waals surface area (Å²) in [4.78, 5) is 0. The van der Waals surface area contributed by atoms with Crippen molar-refractivity contribution in [1.82, 2.24) is 10.6 Å². The molecule has 12 heavy (non-hydrogen) atoms. The minimum absolute atomic E-state index is 0.255. The number of rotatable bonds is 3. The number of hydrogen-bond donors (Lipinski definition) is 2. The van der Waals surface area contributed by atoms with Gasteiger partial charge in [0.15, 0.2) is 0 Å². The molecule has 0 spiro atoms. The summed E-state index contributed by atoms with van der Waals surface area (Å²) >= 11 is 0. The second-order valence-electron chi connectivity index (χ2n) is 2.92. The molecule has 2 N–H and O–H groups in total. The van der Waals surface area contributed by atoms with Crippen molar-refractivity contribution >= 4 is 0 Å². The Bertz CT molecular complexity index is 241. The molecule has 0 bridgehead atoms. The third-order valence-corrected chi connectivity index (χ3v) is 1.95. The fourth-order valence-corrected chi connectivity index (χ4v) is 1.33.